The fourth-order valence-electron chi connectivity index (χ4n) is 1.14. The zero-order valence-corrected chi connectivity index (χ0v) is 8.40. The van der Waals surface area contributed by atoms with Crippen molar-refractivity contribution in [1.29, 1.82) is 0 Å². The monoisotopic (exact) mass is 204 g/mol. The van der Waals surface area contributed by atoms with E-state index in [2.05, 4.69) is 16.6 Å². The molecule has 0 aliphatic carbocycles. The third-order valence-corrected chi connectivity index (χ3v) is 1.87. The zero-order valence-electron chi connectivity index (χ0n) is 8.40. The Labute approximate surface area is 86.8 Å². The molecule has 0 aliphatic rings. The van der Waals surface area contributed by atoms with Crippen LogP contribution in [0.3, 0.4) is 0 Å². The second-order valence-electron chi connectivity index (χ2n) is 2.86. The van der Waals surface area contributed by atoms with Gasteiger partial charge >= 0.3 is 0 Å². The average Bonchev–Trinajstić information content (AvgIpc) is 2.20. The largest absolute Gasteiger partial charge is 0.383 e. The molecule has 0 radical (unpaired) electrons. The number of amidine groups is 1. The molecule has 1 aromatic rings. The summed E-state index contributed by atoms with van der Waals surface area (Å²) in [6, 6.07) is 3.43. The summed E-state index contributed by atoms with van der Waals surface area (Å²) in [5.74, 6) is -0.604. The van der Waals surface area contributed by atoms with Crippen LogP contribution < -0.4 is 22.0 Å². The number of rotatable bonds is 2. The number of nitrogens with two attached hydrogens (primary N) is 2. The molecule has 0 fully saturated rings. The van der Waals surface area contributed by atoms with Crippen LogP contribution >= 0.6 is 0 Å². The number of nitrogens with zero attached hydrogens (tertiary/aromatic N) is 2. The molecule has 0 spiro atoms. The van der Waals surface area contributed by atoms with Crippen LogP contribution in [0.25, 0.3) is 12.2 Å². The van der Waals surface area contributed by atoms with Crippen molar-refractivity contribution in [2.45, 2.75) is 0 Å². The fourth-order valence-corrected chi connectivity index (χ4v) is 1.14. The van der Waals surface area contributed by atoms with Gasteiger partial charge in [-0.1, -0.05) is 12.6 Å². The highest BCUT2D eigenvalue weighted by Crippen LogP contribution is 1.89. The van der Waals surface area contributed by atoms with Gasteiger partial charge < -0.3 is 11.5 Å². The van der Waals surface area contributed by atoms with Crippen molar-refractivity contribution in [2.75, 3.05) is 7.05 Å². The average molecular weight is 204 g/mol. The third-order valence-electron chi connectivity index (χ3n) is 1.87. The number of aromatic nitrogens is 1. The first-order valence-corrected chi connectivity index (χ1v) is 4.24. The molecular formula is C10H12N4O. The zero-order chi connectivity index (χ0) is 11.4. The van der Waals surface area contributed by atoms with Crippen LogP contribution in [0.15, 0.2) is 23.3 Å². The summed E-state index contributed by atoms with van der Waals surface area (Å²) >= 11 is 0. The van der Waals surface area contributed by atoms with E-state index in [1.807, 2.05) is 0 Å². The Hall–Kier alpha value is -2.17. The number of pyridine rings is 1. The molecule has 0 atom stereocenters. The number of primary amides is 1. The Kier molecular flexibility index (Phi) is 3.17. The van der Waals surface area contributed by atoms with Gasteiger partial charge in [0.25, 0.3) is 5.91 Å². The van der Waals surface area contributed by atoms with Crippen LogP contribution in [0.4, 0.5) is 0 Å². The highest BCUT2D eigenvalue weighted by molar-refractivity contribution is 6.40. The van der Waals surface area contributed by atoms with E-state index in [0.29, 0.717) is 10.6 Å². The van der Waals surface area contributed by atoms with Crippen molar-refractivity contribution in [2.24, 2.45) is 16.5 Å². The Morgan fingerprint density at radius 1 is 1.53 bits per heavy atom. The van der Waals surface area contributed by atoms with Crippen molar-refractivity contribution in [1.82, 2.24) is 4.98 Å². The standard InChI is InChI=1S/C10H12N4O/c1-6-4-3-5-14-8(6)7(10(12)15)9(11)13-2/h3-5H,1H2,2H3,(H2,11,13)(H2,12,15)/b8-7-. The summed E-state index contributed by atoms with van der Waals surface area (Å²) in [7, 11) is 1.48. The third kappa shape index (κ3) is 2.19. The molecule has 78 valence electrons. The first kappa shape index (κ1) is 10.9. The summed E-state index contributed by atoms with van der Waals surface area (Å²) < 4.78 is 0. The van der Waals surface area contributed by atoms with Crippen LogP contribution in [-0.4, -0.2) is 23.8 Å². The van der Waals surface area contributed by atoms with Crippen LogP contribution in [0.1, 0.15) is 0 Å². The molecule has 5 nitrogen and oxygen atoms in total. The molecule has 0 bridgehead atoms. The maximum Gasteiger partial charge on any atom is 0.254 e. The summed E-state index contributed by atoms with van der Waals surface area (Å²) in [6.07, 6.45) is 1.54. The molecule has 1 heterocycles. The first-order chi connectivity index (χ1) is 7.07. The quantitative estimate of drug-likeness (QED) is 0.436. The van der Waals surface area contributed by atoms with E-state index >= 15 is 0 Å². The molecule has 0 saturated heterocycles. The van der Waals surface area contributed by atoms with E-state index in [4.69, 9.17) is 11.5 Å². The van der Waals surface area contributed by atoms with E-state index in [9.17, 15) is 4.79 Å². The molecule has 0 saturated carbocycles. The summed E-state index contributed by atoms with van der Waals surface area (Å²) in [5, 5.41) is 0.950. The Morgan fingerprint density at radius 2 is 2.20 bits per heavy atom. The van der Waals surface area contributed by atoms with Gasteiger partial charge in [-0.3, -0.25) is 14.8 Å². The van der Waals surface area contributed by atoms with Crippen LogP contribution in [0, 0.1) is 0 Å². The van der Waals surface area contributed by atoms with Crippen molar-refractivity contribution in [3.05, 3.63) is 28.9 Å². The minimum Gasteiger partial charge on any atom is -0.383 e. The maximum atomic E-state index is 11.2. The van der Waals surface area contributed by atoms with E-state index in [1.165, 1.54) is 13.2 Å². The molecule has 0 aliphatic heterocycles. The predicted molar refractivity (Wildman–Crippen MR) is 59.2 cm³/mol. The van der Waals surface area contributed by atoms with Crippen LogP contribution in [-0.2, 0) is 4.79 Å². The Morgan fingerprint density at radius 3 is 2.67 bits per heavy atom. The van der Waals surface area contributed by atoms with E-state index in [-0.39, 0.29) is 11.4 Å². The van der Waals surface area contributed by atoms with Gasteiger partial charge in [0, 0.05) is 13.2 Å². The lowest BCUT2D eigenvalue weighted by molar-refractivity contribution is -0.112. The maximum absolute atomic E-state index is 11.2. The number of amides is 1. The Balaban J connectivity index is 3.71. The highest BCUT2D eigenvalue weighted by atomic mass is 16.1. The molecule has 5 heteroatoms. The van der Waals surface area contributed by atoms with Gasteiger partial charge in [0.15, 0.2) is 0 Å². The van der Waals surface area contributed by atoms with E-state index in [0.717, 1.165) is 0 Å². The number of hydrogen-bond acceptors (Lipinski definition) is 3. The predicted octanol–water partition coefficient (Wildman–Crippen LogP) is -1.89. The van der Waals surface area contributed by atoms with E-state index in [1.54, 1.807) is 12.1 Å². The molecule has 1 amide bonds. The second kappa shape index (κ2) is 4.36. The number of aliphatic imine (C=N–C) groups is 1. The molecule has 1 aromatic heterocycles. The lowest BCUT2D eigenvalue weighted by Gasteiger charge is -2.01. The Bertz CT molecular complexity index is 518. The second-order valence-corrected chi connectivity index (χ2v) is 2.86. The van der Waals surface area contributed by atoms with Crippen molar-refractivity contribution >= 4 is 23.9 Å². The smallest absolute Gasteiger partial charge is 0.254 e. The molecule has 0 unspecified atom stereocenters. The van der Waals surface area contributed by atoms with Crippen LogP contribution in [0.5, 0.6) is 0 Å². The lowest BCUT2D eigenvalue weighted by atomic mass is 10.2. The van der Waals surface area contributed by atoms with Crippen molar-refractivity contribution in [3.8, 4) is 0 Å². The van der Waals surface area contributed by atoms with Gasteiger partial charge in [-0.05, 0) is 11.3 Å². The number of carbonyl (C=O) groups excluding carboxylic acids is 1. The fraction of sp³-hybridized carbons (Fsp3) is 0.100. The summed E-state index contributed by atoms with van der Waals surface area (Å²) in [5.41, 5.74) is 10.9. The summed E-state index contributed by atoms with van der Waals surface area (Å²) in [4.78, 5) is 18.9. The summed E-state index contributed by atoms with van der Waals surface area (Å²) in [6.45, 7) is 3.74. The number of carbonyl (C=O) groups is 1. The van der Waals surface area contributed by atoms with Gasteiger partial charge in [-0.25, -0.2) is 0 Å². The van der Waals surface area contributed by atoms with Gasteiger partial charge in [0.2, 0.25) is 0 Å². The molecule has 15 heavy (non-hydrogen) atoms. The van der Waals surface area contributed by atoms with Gasteiger partial charge in [-0.2, -0.15) is 0 Å². The topological polar surface area (TPSA) is 94.4 Å². The van der Waals surface area contributed by atoms with Gasteiger partial charge in [0.1, 0.15) is 11.4 Å². The van der Waals surface area contributed by atoms with Crippen molar-refractivity contribution < 1.29 is 4.79 Å². The van der Waals surface area contributed by atoms with Gasteiger partial charge in [-0.15, -0.1) is 0 Å². The minimum atomic E-state index is -0.665. The SMILES string of the molecule is C=c1cccn/c1=C(\C(N)=O)C(N)=NC. The normalized spacial score (nSPS) is 13.5. The highest BCUT2D eigenvalue weighted by Gasteiger charge is 2.11. The first-order valence-electron chi connectivity index (χ1n) is 4.24. The van der Waals surface area contributed by atoms with E-state index < -0.39 is 5.91 Å². The van der Waals surface area contributed by atoms with Crippen molar-refractivity contribution in [3.63, 3.8) is 0 Å². The lowest BCUT2D eigenvalue weighted by Crippen LogP contribution is -2.39. The van der Waals surface area contributed by atoms with Gasteiger partial charge in [0.05, 0.1) is 5.35 Å². The molecular weight excluding hydrogens is 192 g/mol. The molecule has 0 aromatic carbocycles. The minimum absolute atomic E-state index is 0.0612. The van der Waals surface area contributed by atoms with Crippen LogP contribution in [0.2, 0.25) is 0 Å². The number of hydrogen-bond donors (Lipinski definition) is 2. The molecule has 1 rings (SSSR count). The molecule has 4 N–H and O–H groups in total.